The summed E-state index contributed by atoms with van der Waals surface area (Å²) in [5.41, 5.74) is 7.84. The van der Waals surface area contributed by atoms with Crippen molar-refractivity contribution in [2.45, 2.75) is 19.8 Å². The van der Waals surface area contributed by atoms with E-state index in [1.165, 1.54) is 5.57 Å². The van der Waals surface area contributed by atoms with Crippen LogP contribution in [0.1, 0.15) is 18.9 Å². The van der Waals surface area contributed by atoms with Crippen molar-refractivity contribution in [2.24, 2.45) is 5.73 Å². The van der Waals surface area contributed by atoms with Crippen LogP contribution in [0.4, 0.5) is 0 Å². The Morgan fingerprint density at radius 2 is 2.29 bits per heavy atom. The van der Waals surface area contributed by atoms with E-state index in [1.807, 2.05) is 12.1 Å². The van der Waals surface area contributed by atoms with Crippen molar-refractivity contribution in [2.75, 3.05) is 6.54 Å². The molecule has 0 aromatic heterocycles. The van der Waals surface area contributed by atoms with E-state index in [9.17, 15) is 5.11 Å². The number of nitrogens with two attached hydrogens (primary N) is 1. The minimum absolute atomic E-state index is 0.328. The number of hydrogen-bond acceptors (Lipinski definition) is 2. The Labute approximate surface area is 85.1 Å². The van der Waals surface area contributed by atoms with Crippen LogP contribution in [0.2, 0.25) is 0 Å². The van der Waals surface area contributed by atoms with Gasteiger partial charge < -0.3 is 10.8 Å². The molecule has 0 atom stereocenters. The first-order valence-electron chi connectivity index (χ1n) is 4.86. The first kappa shape index (κ1) is 10.8. The lowest BCUT2D eigenvalue weighted by Gasteiger charge is -2.02. The van der Waals surface area contributed by atoms with Gasteiger partial charge in [0.25, 0.3) is 0 Å². The van der Waals surface area contributed by atoms with Crippen LogP contribution in [0.15, 0.2) is 35.9 Å². The lowest BCUT2D eigenvalue weighted by atomic mass is 10.1. The van der Waals surface area contributed by atoms with Crippen LogP contribution in [-0.2, 0) is 6.42 Å². The maximum atomic E-state index is 9.26. The fourth-order valence-corrected chi connectivity index (χ4v) is 1.39. The summed E-state index contributed by atoms with van der Waals surface area (Å²) in [6, 6.07) is 7.35. The molecule has 1 aromatic carbocycles. The fourth-order valence-electron chi connectivity index (χ4n) is 1.39. The highest BCUT2D eigenvalue weighted by atomic mass is 16.3. The van der Waals surface area contributed by atoms with Crippen LogP contribution in [0.3, 0.4) is 0 Å². The summed E-state index contributed by atoms with van der Waals surface area (Å²) in [6.45, 7) is 2.77. The van der Waals surface area contributed by atoms with E-state index in [0.29, 0.717) is 12.3 Å². The number of phenols is 1. The maximum Gasteiger partial charge on any atom is 0.115 e. The molecule has 0 heterocycles. The van der Waals surface area contributed by atoms with Gasteiger partial charge >= 0.3 is 0 Å². The Kier molecular flexibility index (Phi) is 4.20. The molecule has 76 valence electrons. The summed E-state index contributed by atoms with van der Waals surface area (Å²) in [6.07, 6.45) is 3.95. The van der Waals surface area contributed by atoms with Gasteiger partial charge in [0.2, 0.25) is 0 Å². The smallest absolute Gasteiger partial charge is 0.115 e. The van der Waals surface area contributed by atoms with Crippen molar-refractivity contribution >= 4 is 0 Å². The van der Waals surface area contributed by atoms with Crippen LogP contribution < -0.4 is 5.73 Å². The highest BCUT2D eigenvalue weighted by Crippen LogP contribution is 2.14. The minimum atomic E-state index is 0.328. The average molecular weight is 191 g/mol. The summed E-state index contributed by atoms with van der Waals surface area (Å²) in [7, 11) is 0. The summed E-state index contributed by atoms with van der Waals surface area (Å²) in [4.78, 5) is 0. The first-order chi connectivity index (χ1) is 6.72. The van der Waals surface area contributed by atoms with E-state index in [0.717, 1.165) is 18.4 Å². The molecule has 0 bridgehead atoms. The third kappa shape index (κ3) is 3.62. The standard InChI is InChI=1S/C12H17NO/c1-10(4-3-7-13)8-11-5-2-6-12(14)9-11/h2,4-6,9,14H,3,7-8,13H2,1H3. The minimum Gasteiger partial charge on any atom is -0.508 e. The molecule has 0 aliphatic carbocycles. The Balaban J connectivity index is 2.60. The molecule has 14 heavy (non-hydrogen) atoms. The molecule has 0 radical (unpaired) electrons. The first-order valence-corrected chi connectivity index (χ1v) is 4.86. The Morgan fingerprint density at radius 1 is 1.50 bits per heavy atom. The van der Waals surface area contributed by atoms with Crippen molar-refractivity contribution in [3.63, 3.8) is 0 Å². The Morgan fingerprint density at radius 3 is 2.93 bits per heavy atom. The molecule has 2 heteroatoms. The largest absolute Gasteiger partial charge is 0.508 e. The van der Waals surface area contributed by atoms with Crippen LogP contribution in [0.25, 0.3) is 0 Å². The molecular weight excluding hydrogens is 174 g/mol. The van der Waals surface area contributed by atoms with Crippen LogP contribution in [0.5, 0.6) is 5.75 Å². The number of aromatic hydroxyl groups is 1. The molecule has 0 fully saturated rings. The molecule has 0 aliphatic rings. The molecule has 1 rings (SSSR count). The molecule has 0 spiro atoms. The normalized spacial score (nSPS) is 11.7. The van der Waals surface area contributed by atoms with Gasteiger partial charge in [-0.2, -0.15) is 0 Å². The second-order valence-electron chi connectivity index (χ2n) is 3.47. The van der Waals surface area contributed by atoms with Crippen LogP contribution in [0, 0.1) is 0 Å². The maximum absolute atomic E-state index is 9.26. The lowest BCUT2D eigenvalue weighted by Crippen LogP contribution is -1.96. The molecular formula is C12H17NO. The van der Waals surface area contributed by atoms with E-state index < -0.39 is 0 Å². The second-order valence-corrected chi connectivity index (χ2v) is 3.47. The highest BCUT2D eigenvalue weighted by Gasteiger charge is 1.95. The van der Waals surface area contributed by atoms with Crippen molar-refractivity contribution in [3.05, 3.63) is 41.5 Å². The average Bonchev–Trinajstić information content (AvgIpc) is 2.15. The summed E-state index contributed by atoms with van der Waals surface area (Å²) in [5.74, 6) is 0.328. The second kappa shape index (κ2) is 5.45. The SMILES string of the molecule is CC(=CCCN)Cc1cccc(O)c1. The number of hydrogen-bond donors (Lipinski definition) is 2. The zero-order valence-electron chi connectivity index (χ0n) is 8.53. The summed E-state index contributed by atoms with van der Waals surface area (Å²) < 4.78 is 0. The fraction of sp³-hybridized carbons (Fsp3) is 0.333. The van der Waals surface area contributed by atoms with E-state index >= 15 is 0 Å². The number of benzene rings is 1. The van der Waals surface area contributed by atoms with Crippen molar-refractivity contribution in [1.29, 1.82) is 0 Å². The molecule has 0 saturated carbocycles. The van der Waals surface area contributed by atoms with Gasteiger partial charge in [-0.25, -0.2) is 0 Å². The molecule has 2 nitrogen and oxygen atoms in total. The molecule has 3 N–H and O–H groups in total. The molecule has 0 saturated heterocycles. The van der Waals surface area contributed by atoms with Crippen LogP contribution in [-0.4, -0.2) is 11.7 Å². The predicted octanol–water partition coefficient (Wildman–Crippen LogP) is 2.23. The van der Waals surface area contributed by atoms with E-state index in [2.05, 4.69) is 13.0 Å². The van der Waals surface area contributed by atoms with E-state index in [4.69, 9.17) is 5.73 Å². The topological polar surface area (TPSA) is 46.2 Å². The van der Waals surface area contributed by atoms with Gasteiger partial charge in [-0.15, -0.1) is 0 Å². The van der Waals surface area contributed by atoms with Crippen molar-refractivity contribution < 1.29 is 5.11 Å². The number of rotatable bonds is 4. The van der Waals surface area contributed by atoms with E-state index in [1.54, 1.807) is 12.1 Å². The van der Waals surface area contributed by atoms with E-state index in [-0.39, 0.29) is 0 Å². The van der Waals surface area contributed by atoms with Gasteiger partial charge in [-0.1, -0.05) is 23.8 Å². The summed E-state index contributed by atoms with van der Waals surface area (Å²) in [5, 5.41) is 9.26. The lowest BCUT2D eigenvalue weighted by molar-refractivity contribution is 0.474. The molecule has 0 unspecified atom stereocenters. The molecule has 0 aliphatic heterocycles. The van der Waals surface area contributed by atoms with Gasteiger partial charge in [0.1, 0.15) is 5.75 Å². The predicted molar refractivity (Wildman–Crippen MR) is 59.2 cm³/mol. The highest BCUT2D eigenvalue weighted by molar-refractivity contribution is 5.29. The van der Waals surface area contributed by atoms with Gasteiger partial charge in [-0.3, -0.25) is 0 Å². The Hall–Kier alpha value is -1.28. The summed E-state index contributed by atoms with van der Waals surface area (Å²) >= 11 is 0. The van der Waals surface area contributed by atoms with Gasteiger partial charge in [0, 0.05) is 0 Å². The Bertz CT molecular complexity index is 318. The van der Waals surface area contributed by atoms with Crippen molar-refractivity contribution in [3.8, 4) is 5.75 Å². The van der Waals surface area contributed by atoms with Gasteiger partial charge in [-0.05, 0) is 44.0 Å². The molecule has 0 amide bonds. The third-order valence-corrected chi connectivity index (χ3v) is 2.05. The van der Waals surface area contributed by atoms with Gasteiger partial charge in [0.05, 0.1) is 0 Å². The zero-order chi connectivity index (χ0) is 10.4. The zero-order valence-corrected chi connectivity index (χ0v) is 8.53. The van der Waals surface area contributed by atoms with Crippen LogP contribution >= 0.6 is 0 Å². The number of phenolic OH excluding ortho intramolecular Hbond substituents is 1. The molecule has 1 aromatic rings. The quantitative estimate of drug-likeness (QED) is 0.717. The third-order valence-electron chi connectivity index (χ3n) is 2.05. The van der Waals surface area contributed by atoms with Crippen molar-refractivity contribution in [1.82, 2.24) is 0 Å². The number of allylic oxidation sites excluding steroid dienone is 1. The van der Waals surface area contributed by atoms with Gasteiger partial charge in [0.15, 0.2) is 0 Å². The monoisotopic (exact) mass is 191 g/mol.